The minimum absolute atomic E-state index is 0.00116. The molecule has 3 aromatic rings. The Balaban J connectivity index is 1.54. The van der Waals surface area contributed by atoms with Gasteiger partial charge in [-0.2, -0.15) is 0 Å². The van der Waals surface area contributed by atoms with Crippen LogP contribution >= 0.6 is 11.6 Å². The summed E-state index contributed by atoms with van der Waals surface area (Å²) in [7, 11) is -3.80. The number of ketones is 1. The van der Waals surface area contributed by atoms with Crippen LogP contribution in [0, 0.1) is 0 Å². The summed E-state index contributed by atoms with van der Waals surface area (Å²) < 4.78 is 31.9. The Morgan fingerprint density at radius 2 is 1.93 bits per heavy atom. The Labute approximate surface area is 173 Å². The van der Waals surface area contributed by atoms with E-state index in [2.05, 4.69) is 9.71 Å². The molecule has 1 unspecified atom stereocenters. The van der Waals surface area contributed by atoms with E-state index in [0.29, 0.717) is 5.56 Å². The summed E-state index contributed by atoms with van der Waals surface area (Å²) >= 11 is 5.80. The van der Waals surface area contributed by atoms with Gasteiger partial charge in [0.05, 0.1) is 11.3 Å². The van der Waals surface area contributed by atoms with E-state index in [1.807, 2.05) is 18.2 Å². The third-order valence-corrected chi connectivity index (χ3v) is 5.95. The Morgan fingerprint density at radius 1 is 1.17 bits per heavy atom. The molecule has 152 valence electrons. The average Bonchev–Trinajstić information content (AvgIpc) is 3.11. The van der Waals surface area contributed by atoms with Crippen molar-refractivity contribution in [1.82, 2.24) is 9.71 Å². The van der Waals surface area contributed by atoms with Crippen LogP contribution in [0.1, 0.15) is 23.7 Å². The van der Waals surface area contributed by atoms with Crippen LogP contribution in [0.4, 0.5) is 0 Å². The molecule has 0 aliphatic carbocycles. The van der Waals surface area contributed by atoms with Gasteiger partial charge in [-0.1, -0.05) is 35.9 Å². The van der Waals surface area contributed by atoms with Crippen LogP contribution in [0.3, 0.4) is 0 Å². The average molecular weight is 435 g/mol. The molecule has 1 aromatic heterocycles. The Morgan fingerprint density at radius 3 is 2.69 bits per heavy atom. The second-order valence-electron chi connectivity index (χ2n) is 6.35. The molecule has 0 bridgehead atoms. The number of hydrogen-bond donors (Lipinski definition) is 2. The van der Waals surface area contributed by atoms with Gasteiger partial charge in [0.1, 0.15) is 0 Å². The van der Waals surface area contributed by atoms with Crippen molar-refractivity contribution >= 4 is 44.3 Å². The molecule has 2 aromatic carbocycles. The third-order valence-electron chi connectivity index (χ3n) is 4.26. The molecule has 2 N–H and O–H groups in total. The summed E-state index contributed by atoms with van der Waals surface area (Å²) in [6.07, 6.45) is 0.369. The molecular formula is C20H19ClN2O5S. The van der Waals surface area contributed by atoms with Gasteiger partial charge in [-0.3, -0.25) is 9.59 Å². The van der Waals surface area contributed by atoms with Crippen LogP contribution in [0.15, 0.2) is 59.6 Å². The van der Waals surface area contributed by atoms with Gasteiger partial charge in [-0.15, -0.1) is 0 Å². The second kappa shape index (κ2) is 8.77. The topological polar surface area (TPSA) is 105 Å². The molecule has 0 amide bonds. The highest BCUT2D eigenvalue weighted by Crippen LogP contribution is 2.20. The maximum absolute atomic E-state index is 12.6. The molecule has 0 saturated heterocycles. The van der Waals surface area contributed by atoms with E-state index >= 15 is 0 Å². The molecule has 0 spiro atoms. The lowest BCUT2D eigenvalue weighted by Gasteiger charge is -2.12. The molecule has 7 nitrogen and oxygen atoms in total. The lowest BCUT2D eigenvalue weighted by molar-refractivity contribution is -0.146. The second-order valence-corrected chi connectivity index (χ2v) is 8.55. The number of para-hydroxylation sites is 1. The van der Waals surface area contributed by atoms with Gasteiger partial charge < -0.3 is 9.72 Å². The van der Waals surface area contributed by atoms with E-state index in [9.17, 15) is 18.0 Å². The van der Waals surface area contributed by atoms with Gasteiger partial charge in [-0.05, 0) is 31.2 Å². The van der Waals surface area contributed by atoms with Gasteiger partial charge in [0.25, 0.3) is 0 Å². The highest BCUT2D eigenvalue weighted by atomic mass is 35.5. The van der Waals surface area contributed by atoms with Gasteiger partial charge >= 0.3 is 5.97 Å². The van der Waals surface area contributed by atoms with Crippen LogP contribution in [0.25, 0.3) is 10.9 Å². The number of carbonyl (C=O) groups is 2. The number of aromatic nitrogens is 1. The van der Waals surface area contributed by atoms with E-state index in [0.717, 1.165) is 10.9 Å². The quantitative estimate of drug-likeness (QED) is 0.418. The standard InChI is InChI=1S/C20H19ClN2O5S/c1-13(20(25)17-12-22-18-8-3-2-7-16(17)18)28-19(24)9-10-23-29(26,27)15-6-4-5-14(21)11-15/h2-8,11-13,22-23H,9-10H2,1H3. The Bertz CT molecular complexity index is 1160. The van der Waals surface area contributed by atoms with Crippen molar-refractivity contribution in [3.05, 3.63) is 65.3 Å². The summed E-state index contributed by atoms with van der Waals surface area (Å²) in [5.41, 5.74) is 1.24. The normalized spacial score (nSPS) is 12.6. The summed E-state index contributed by atoms with van der Waals surface area (Å²) in [4.78, 5) is 27.6. The lowest BCUT2D eigenvalue weighted by Crippen LogP contribution is -2.29. The number of rotatable bonds is 8. The van der Waals surface area contributed by atoms with Crippen molar-refractivity contribution in [3.63, 3.8) is 0 Å². The number of carbonyl (C=O) groups excluding carboxylic acids is 2. The number of nitrogens with one attached hydrogen (secondary N) is 2. The fourth-order valence-electron chi connectivity index (χ4n) is 2.81. The van der Waals surface area contributed by atoms with Crippen molar-refractivity contribution < 1.29 is 22.7 Å². The number of benzene rings is 2. The van der Waals surface area contributed by atoms with Crippen molar-refractivity contribution in [2.24, 2.45) is 0 Å². The predicted molar refractivity (Wildman–Crippen MR) is 109 cm³/mol. The van der Waals surface area contributed by atoms with E-state index in [-0.39, 0.29) is 28.7 Å². The number of ether oxygens (including phenoxy) is 1. The number of fused-ring (bicyclic) bond motifs is 1. The molecule has 3 rings (SSSR count). The summed E-state index contributed by atoms with van der Waals surface area (Å²) in [5, 5.41) is 1.03. The molecule has 0 saturated carbocycles. The minimum Gasteiger partial charge on any atom is -0.454 e. The molecule has 0 fully saturated rings. The number of H-pyrrole nitrogens is 1. The van der Waals surface area contributed by atoms with E-state index in [1.165, 1.54) is 25.1 Å². The minimum atomic E-state index is -3.80. The van der Waals surface area contributed by atoms with E-state index in [4.69, 9.17) is 16.3 Å². The zero-order chi connectivity index (χ0) is 21.0. The first kappa shape index (κ1) is 21.0. The van der Waals surface area contributed by atoms with Crippen molar-refractivity contribution in [3.8, 4) is 0 Å². The Kier molecular flexibility index (Phi) is 6.36. The lowest BCUT2D eigenvalue weighted by atomic mass is 10.1. The van der Waals surface area contributed by atoms with Gasteiger partial charge in [-0.25, -0.2) is 13.1 Å². The predicted octanol–water partition coefficient (Wildman–Crippen LogP) is 3.30. The van der Waals surface area contributed by atoms with Crippen LogP contribution in [0.2, 0.25) is 5.02 Å². The summed E-state index contributed by atoms with van der Waals surface area (Å²) in [6.45, 7) is 1.32. The molecule has 0 aliphatic rings. The molecule has 1 atom stereocenters. The van der Waals surface area contributed by atoms with Crippen molar-refractivity contribution in [1.29, 1.82) is 0 Å². The van der Waals surface area contributed by atoms with E-state index in [1.54, 1.807) is 18.3 Å². The number of aromatic amines is 1. The number of Topliss-reactive ketones (excluding diaryl/α,β-unsaturated/α-hetero) is 1. The smallest absolute Gasteiger partial charge is 0.307 e. The maximum Gasteiger partial charge on any atom is 0.307 e. The zero-order valence-corrected chi connectivity index (χ0v) is 17.1. The molecule has 9 heteroatoms. The van der Waals surface area contributed by atoms with Crippen LogP contribution in [0.5, 0.6) is 0 Å². The molecular weight excluding hydrogens is 416 g/mol. The van der Waals surface area contributed by atoms with Crippen LogP contribution in [-0.2, 0) is 19.6 Å². The number of hydrogen-bond acceptors (Lipinski definition) is 5. The molecule has 1 heterocycles. The van der Waals surface area contributed by atoms with E-state index < -0.39 is 22.1 Å². The summed E-state index contributed by atoms with van der Waals surface area (Å²) in [5.74, 6) is -1.02. The van der Waals surface area contributed by atoms with Crippen molar-refractivity contribution in [2.45, 2.75) is 24.3 Å². The van der Waals surface area contributed by atoms with Crippen LogP contribution < -0.4 is 4.72 Å². The first-order valence-electron chi connectivity index (χ1n) is 8.83. The number of halogens is 1. The molecule has 0 aliphatic heterocycles. The maximum atomic E-state index is 12.6. The largest absolute Gasteiger partial charge is 0.454 e. The third kappa shape index (κ3) is 5.03. The summed E-state index contributed by atoms with van der Waals surface area (Å²) in [6, 6.07) is 13.1. The number of sulfonamides is 1. The van der Waals surface area contributed by atoms with Crippen LogP contribution in [-0.4, -0.2) is 37.8 Å². The molecule has 29 heavy (non-hydrogen) atoms. The highest BCUT2D eigenvalue weighted by molar-refractivity contribution is 7.89. The highest BCUT2D eigenvalue weighted by Gasteiger charge is 2.22. The number of esters is 1. The zero-order valence-electron chi connectivity index (χ0n) is 15.5. The van der Waals surface area contributed by atoms with Gasteiger partial charge in [0.2, 0.25) is 15.8 Å². The van der Waals surface area contributed by atoms with Gasteiger partial charge in [0, 0.05) is 34.2 Å². The SMILES string of the molecule is CC(OC(=O)CCNS(=O)(=O)c1cccc(Cl)c1)C(=O)c1c[nH]c2ccccc12. The van der Waals surface area contributed by atoms with Gasteiger partial charge in [0.15, 0.2) is 6.10 Å². The van der Waals surface area contributed by atoms with Crippen molar-refractivity contribution in [2.75, 3.05) is 6.54 Å². The molecule has 0 radical (unpaired) electrons. The first-order valence-corrected chi connectivity index (χ1v) is 10.7. The monoisotopic (exact) mass is 434 g/mol. The Hall–Kier alpha value is -2.68. The first-order chi connectivity index (χ1) is 13.8. The fraction of sp³-hybridized carbons (Fsp3) is 0.200. The fourth-order valence-corrected chi connectivity index (χ4v) is 4.14.